The molecule has 0 saturated heterocycles. The molecule has 92 valence electrons. The molecular weight excluding hydrogens is 306 g/mol. The number of azide groups is 1. The molecule has 0 aliphatic carbocycles. The zero-order valence-corrected chi connectivity index (χ0v) is 11.3. The monoisotopic (exact) mass is 313 g/mol. The molecule has 0 bridgehead atoms. The molecule has 0 atom stereocenters. The molecule has 1 N–H and O–H groups in total. The molecule has 1 heterocycles. The fourth-order valence-electron chi connectivity index (χ4n) is 1.86. The molecule has 3 rings (SSSR count). The van der Waals surface area contributed by atoms with Crippen LogP contribution in [0.3, 0.4) is 0 Å². The highest BCUT2D eigenvalue weighted by Gasteiger charge is 2.05. The Kier molecular flexibility index (Phi) is 2.95. The summed E-state index contributed by atoms with van der Waals surface area (Å²) >= 11 is 3.43. The van der Waals surface area contributed by atoms with Crippen molar-refractivity contribution in [2.45, 2.75) is 0 Å². The molecule has 0 unspecified atom stereocenters. The number of aromatic nitrogens is 2. The summed E-state index contributed by atoms with van der Waals surface area (Å²) in [6.45, 7) is 0. The van der Waals surface area contributed by atoms with Gasteiger partial charge >= 0.3 is 0 Å². The van der Waals surface area contributed by atoms with E-state index in [0.29, 0.717) is 5.69 Å². The third-order valence-corrected chi connectivity index (χ3v) is 3.24. The highest BCUT2D eigenvalue weighted by molar-refractivity contribution is 9.10. The summed E-state index contributed by atoms with van der Waals surface area (Å²) in [5.74, 6) is 0.792. The predicted molar refractivity (Wildman–Crippen MR) is 78.0 cm³/mol. The number of halogens is 1. The van der Waals surface area contributed by atoms with Crippen molar-refractivity contribution >= 4 is 32.7 Å². The highest BCUT2D eigenvalue weighted by Crippen LogP contribution is 2.24. The number of hydrogen-bond donors (Lipinski definition) is 1. The van der Waals surface area contributed by atoms with E-state index in [2.05, 4.69) is 35.9 Å². The number of rotatable bonds is 2. The van der Waals surface area contributed by atoms with Crippen molar-refractivity contribution in [3.63, 3.8) is 0 Å². The molecule has 2 aromatic carbocycles. The third-order valence-electron chi connectivity index (χ3n) is 2.74. The van der Waals surface area contributed by atoms with Crippen molar-refractivity contribution in [3.8, 4) is 11.4 Å². The lowest BCUT2D eigenvalue weighted by molar-refractivity contribution is 1.33. The first-order valence-electron chi connectivity index (χ1n) is 5.57. The first-order valence-corrected chi connectivity index (χ1v) is 6.36. The number of nitrogens with zero attached hydrogens (tertiary/aromatic N) is 4. The van der Waals surface area contributed by atoms with E-state index in [1.165, 1.54) is 0 Å². The van der Waals surface area contributed by atoms with Crippen molar-refractivity contribution in [1.29, 1.82) is 0 Å². The van der Waals surface area contributed by atoms with Gasteiger partial charge in [0.2, 0.25) is 0 Å². The van der Waals surface area contributed by atoms with Crippen LogP contribution >= 0.6 is 15.9 Å². The van der Waals surface area contributed by atoms with E-state index in [0.717, 1.165) is 26.9 Å². The number of fused-ring (bicyclic) bond motifs is 1. The normalized spacial score (nSPS) is 10.4. The SMILES string of the molecule is [N-]=[N+]=Nc1ccc(-c2nc3ccc(Br)cc3[nH]2)cc1. The van der Waals surface area contributed by atoms with Crippen LogP contribution in [0.4, 0.5) is 5.69 Å². The summed E-state index contributed by atoms with van der Waals surface area (Å²) < 4.78 is 1.01. The minimum absolute atomic E-state index is 0.588. The largest absolute Gasteiger partial charge is 0.338 e. The van der Waals surface area contributed by atoms with Crippen LogP contribution in [-0.2, 0) is 0 Å². The van der Waals surface area contributed by atoms with Crippen molar-refractivity contribution < 1.29 is 0 Å². The standard InChI is InChI=1S/C13H8BrN5/c14-9-3-6-11-12(7-9)17-13(16-11)8-1-4-10(5-2-8)18-19-15/h1-7H,(H,16,17). The van der Waals surface area contributed by atoms with Crippen molar-refractivity contribution in [2.24, 2.45) is 5.11 Å². The van der Waals surface area contributed by atoms with E-state index in [4.69, 9.17) is 5.53 Å². The van der Waals surface area contributed by atoms with Crippen LogP contribution in [0.5, 0.6) is 0 Å². The second-order valence-electron chi connectivity index (χ2n) is 3.98. The summed E-state index contributed by atoms with van der Waals surface area (Å²) in [6, 6.07) is 13.2. The van der Waals surface area contributed by atoms with Gasteiger partial charge in [0.1, 0.15) is 5.82 Å². The molecule has 0 spiro atoms. The predicted octanol–water partition coefficient (Wildman–Crippen LogP) is 4.93. The van der Waals surface area contributed by atoms with E-state index in [1.807, 2.05) is 30.3 Å². The zero-order valence-electron chi connectivity index (χ0n) is 9.71. The summed E-state index contributed by atoms with van der Waals surface area (Å²) in [6.07, 6.45) is 0. The van der Waals surface area contributed by atoms with E-state index in [9.17, 15) is 0 Å². The number of H-pyrrole nitrogens is 1. The zero-order chi connectivity index (χ0) is 13.2. The number of hydrogen-bond acceptors (Lipinski definition) is 2. The van der Waals surface area contributed by atoms with Gasteiger partial charge < -0.3 is 4.98 Å². The lowest BCUT2D eigenvalue weighted by Gasteiger charge is -1.96. The molecule has 0 aliphatic heterocycles. The molecule has 0 amide bonds. The lowest BCUT2D eigenvalue weighted by atomic mass is 10.2. The van der Waals surface area contributed by atoms with Crippen molar-refractivity contribution in [1.82, 2.24) is 9.97 Å². The third kappa shape index (κ3) is 2.31. The second kappa shape index (κ2) is 4.76. The van der Waals surface area contributed by atoms with E-state index in [-0.39, 0.29) is 0 Å². The van der Waals surface area contributed by atoms with Gasteiger partial charge in [-0.2, -0.15) is 0 Å². The molecule has 5 nitrogen and oxygen atoms in total. The fraction of sp³-hybridized carbons (Fsp3) is 0. The summed E-state index contributed by atoms with van der Waals surface area (Å²) in [7, 11) is 0. The molecule has 0 aliphatic rings. The van der Waals surface area contributed by atoms with Gasteiger partial charge in [-0.3, -0.25) is 0 Å². The maximum absolute atomic E-state index is 8.36. The van der Waals surface area contributed by atoms with Crippen LogP contribution in [0.25, 0.3) is 32.9 Å². The lowest BCUT2D eigenvalue weighted by Crippen LogP contribution is -1.78. The molecule has 1 aromatic heterocycles. The summed E-state index contributed by atoms with van der Waals surface area (Å²) in [5.41, 5.74) is 11.8. The Morgan fingerprint density at radius 1 is 1.16 bits per heavy atom. The Hall–Kier alpha value is -2.30. The maximum Gasteiger partial charge on any atom is 0.138 e. The molecule has 0 saturated carbocycles. The van der Waals surface area contributed by atoms with Crippen LogP contribution < -0.4 is 0 Å². The Labute approximate surface area is 117 Å². The Morgan fingerprint density at radius 2 is 1.95 bits per heavy atom. The molecular formula is C13H8BrN5. The van der Waals surface area contributed by atoms with Gasteiger partial charge in [-0.1, -0.05) is 45.3 Å². The fourth-order valence-corrected chi connectivity index (χ4v) is 2.22. The second-order valence-corrected chi connectivity index (χ2v) is 4.90. The van der Waals surface area contributed by atoms with Gasteiger partial charge in [0.15, 0.2) is 0 Å². The van der Waals surface area contributed by atoms with Crippen molar-refractivity contribution in [3.05, 3.63) is 57.4 Å². The smallest absolute Gasteiger partial charge is 0.138 e. The summed E-state index contributed by atoms with van der Waals surface area (Å²) in [4.78, 5) is 10.5. The van der Waals surface area contributed by atoms with Crippen LogP contribution in [0, 0.1) is 0 Å². The quantitative estimate of drug-likeness (QED) is 0.406. The average Bonchev–Trinajstić information content (AvgIpc) is 2.83. The first kappa shape index (κ1) is 11.8. The summed E-state index contributed by atoms with van der Waals surface area (Å²) in [5, 5.41) is 3.54. The topological polar surface area (TPSA) is 77.4 Å². The van der Waals surface area contributed by atoms with Gasteiger partial charge in [0.05, 0.1) is 11.0 Å². The molecule has 0 fully saturated rings. The van der Waals surface area contributed by atoms with Gasteiger partial charge in [-0.05, 0) is 23.7 Å². The number of nitrogens with one attached hydrogen (secondary N) is 1. The Morgan fingerprint density at radius 3 is 2.68 bits per heavy atom. The average molecular weight is 314 g/mol. The maximum atomic E-state index is 8.36. The van der Waals surface area contributed by atoms with Crippen LogP contribution in [-0.4, -0.2) is 9.97 Å². The molecule has 0 radical (unpaired) electrons. The van der Waals surface area contributed by atoms with E-state index >= 15 is 0 Å². The Balaban J connectivity index is 2.05. The Bertz CT molecular complexity index is 784. The van der Waals surface area contributed by atoms with Crippen LogP contribution in [0.2, 0.25) is 0 Å². The minimum Gasteiger partial charge on any atom is -0.338 e. The first-order chi connectivity index (χ1) is 9.26. The van der Waals surface area contributed by atoms with Gasteiger partial charge in [0, 0.05) is 20.6 Å². The number of imidazole rings is 1. The number of benzene rings is 2. The van der Waals surface area contributed by atoms with Crippen LogP contribution in [0.1, 0.15) is 0 Å². The molecule has 6 heteroatoms. The highest BCUT2D eigenvalue weighted by atomic mass is 79.9. The van der Waals surface area contributed by atoms with Gasteiger partial charge in [0.25, 0.3) is 0 Å². The minimum atomic E-state index is 0.588. The van der Waals surface area contributed by atoms with Crippen LogP contribution in [0.15, 0.2) is 52.1 Å². The van der Waals surface area contributed by atoms with E-state index < -0.39 is 0 Å². The van der Waals surface area contributed by atoms with E-state index in [1.54, 1.807) is 12.1 Å². The molecule has 19 heavy (non-hydrogen) atoms. The van der Waals surface area contributed by atoms with Crippen molar-refractivity contribution in [2.75, 3.05) is 0 Å². The molecule has 3 aromatic rings. The van der Waals surface area contributed by atoms with Gasteiger partial charge in [-0.25, -0.2) is 4.98 Å². The number of aromatic amines is 1. The van der Waals surface area contributed by atoms with Gasteiger partial charge in [-0.15, -0.1) is 0 Å².